The number of aromatic nitrogens is 4. The molecule has 1 amide bonds. The lowest BCUT2D eigenvalue weighted by Crippen LogP contribution is -2.63. The minimum atomic E-state index is -4.33. The molecular weight excluding hydrogens is 573 g/mol. The Morgan fingerprint density at radius 2 is 1.98 bits per heavy atom. The van der Waals surface area contributed by atoms with Crippen LogP contribution < -0.4 is 10.4 Å². The lowest BCUT2D eigenvalue weighted by Gasteiger charge is -2.39. The predicted octanol–water partition coefficient (Wildman–Crippen LogP) is 2.41. The number of ether oxygens (including phenoxy) is 1. The maximum Gasteiger partial charge on any atom is 0.335 e. The summed E-state index contributed by atoms with van der Waals surface area (Å²) >= 11 is 0.511. The molecule has 0 aliphatic carbocycles. The molecule has 0 atom stereocenters. The number of rotatable bonds is 8. The molecule has 216 valence electrons. The number of hydrogen-bond donors (Lipinski definition) is 1. The van der Waals surface area contributed by atoms with Crippen molar-refractivity contribution in [1.29, 1.82) is 0 Å². The van der Waals surface area contributed by atoms with Gasteiger partial charge in [-0.1, -0.05) is 31.3 Å². The van der Waals surface area contributed by atoms with Crippen LogP contribution >= 0.6 is 11.3 Å². The summed E-state index contributed by atoms with van der Waals surface area (Å²) in [6, 6.07) is 2.63. The van der Waals surface area contributed by atoms with Crippen molar-refractivity contribution in [2.45, 2.75) is 37.1 Å². The quantitative estimate of drug-likeness (QED) is 0.421. The molecule has 40 heavy (non-hydrogen) atoms. The van der Waals surface area contributed by atoms with Gasteiger partial charge in [-0.3, -0.25) is 9.36 Å². The Kier molecular flexibility index (Phi) is 7.39. The Hall–Kier alpha value is -3.08. The number of halogens is 3. The van der Waals surface area contributed by atoms with Crippen LogP contribution in [0.25, 0.3) is 21.7 Å². The first-order valence-corrected chi connectivity index (χ1v) is 14.7. The number of aryl methyl sites for hydroxylation is 1. The van der Waals surface area contributed by atoms with Gasteiger partial charge in [0.15, 0.2) is 5.01 Å². The standard InChI is InChI=1S/C24H27F3N6O5S2/c1-13(2)21(34)32-6-4-14(5-7-32)16-8-15(40(36,37)30-24(10-25)11-38-12-24)9-17-18(16)31(3)23(35)33(17)22-29-28-20(39-22)19(26)27/h4,8-9,13,19,30H,5-7,10-12H2,1-3H3. The van der Waals surface area contributed by atoms with E-state index in [2.05, 4.69) is 14.9 Å². The molecule has 5 rings (SSSR count). The van der Waals surface area contributed by atoms with Crippen LogP contribution in [0.1, 0.15) is 37.3 Å². The summed E-state index contributed by atoms with van der Waals surface area (Å²) < 4.78 is 77.0. The second-order valence-corrected chi connectivity index (χ2v) is 12.8. The number of nitrogens with zero attached hydrogens (tertiary/aromatic N) is 5. The summed E-state index contributed by atoms with van der Waals surface area (Å²) in [5.41, 5.74) is -0.498. The van der Waals surface area contributed by atoms with Crippen LogP contribution in [0.15, 0.2) is 27.9 Å². The molecular formula is C24H27F3N6O5S2. The van der Waals surface area contributed by atoms with Crippen molar-refractivity contribution in [3.63, 3.8) is 0 Å². The van der Waals surface area contributed by atoms with Gasteiger partial charge in [-0.2, -0.15) is 4.72 Å². The number of carbonyl (C=O) groups is 1. The van der Waals surface area contributed by atoms with Crippen molar-refractivity contribution < 1.29 is 31.1 Å². The normalized spacial score (nSPS) is 17.5. The van der Waals surface area contributed by atoms with E-state index in [0.29, 0.717) is 41.0 Å². The largest absolute Gasteiger partial charge is 0.377 e. The Bertz CT molecular complexity index is 1670. The van der Waals surface area contributed by atoms with E-state index >= 15 is 0 Å². The first kappa shape index (κ1) is 28.4. The van der Waals surface area contributed by atoms with Crippen LogP contribution in [0, 0.1) is 5.92 Å². The monoisotopic (exact) mass is 600 g/mol. The summed E-state index contributed by atoms with van der Waals surface area (Å²) in [5, 5.41) is 6.47. The zero-order valence-corrected chi connectivity index (χ0v) is 23.5. The Balaban J connectivity index is 1.70. The van der Waals surface area contributed by atoms with Gasteiger partial charge in [0.05, 0.1) is 29.1 Å². The topological polar surface area (TPSA) is 128 Å². The van der Waals surface area contributed by atoms with E-state index < -0.39 is 39.4 Å². The highest BCUT2D eigenvalue weighted by molar-refractivity contribution is 7.89. The fourth-order valence-electron chi connectivity index (χ4n) is 4.79. The van der Waals surface area contributed by atoms with Gasteiger partial charge in [0.25, 0.3) is 6.43 Å². The van der Waals surface area contributed by atoms with Gasteiger partial charge in [0, 0.05) is 31.6 Å². The summed E-state index contributed by atoms with van der Waals surface area (Å²) in [6.45, 7) is 3.01. The zero-order valence-electron chi connectivity index (χ0n) is 21.9. The SMILES string of the molecule is CC(C)C(=O)N1CC=C(c2cc(S(=O)(=O)NC3(CF)COC3)cc3c2n(C)c(=O)n3-c2nnc(C(F)F)s2)CC1. The van der Waals surface area contributed by atoms with Crippen molar-refractivity contribution in [1.82, 2.24) is 29.0 Å². The third-order valence-electron chi connectivity index (χ3n) is 6.96. The molecule has 0 saturated carbocycles. The molecule has 0 spiro atoms. The number of hydrogen-bond acceptors (Lipinski definition) is 8. The van der Waals surface area contributed by atoms with Crippen molar-refractivity contribution in [2.24, 2.45) is 13.0 Å². The third-order valence-corrected chi connectivity index (χ3v) is 9.43. The highest BCUT2D eigenvalue weighted by atomic mass is 32.2. The van der Waals surface area contributed by atoms with Crippen LogP contribution in [0.4, 0.5) is 13.2 Å². The van der Waals surface area contributed by atoms with Crippen LogP contribution in [-0.2, 0) is 26.6 Å². The fraction of sp³-hybridized carbons (Fsp3) is 0.500. The molecule has 1 aromatic carbocycles. The van der Waals surface area contributed by atoms with Gasteiger partial charge < -0.3 is 9.64 Å². The molecule has 11 nitrogen and oxygen atoms in total. The van der Waals surface area contributed by atoms with Crippen molar-refractivity contribution >= 4 is 43.9 Å². The molecule has 0 bridgehead atoms. The number of amides is 1. The molecule has 1 saturated heterocycles. The molecule has 0 radical (unpaired) electrons. The number of nitrogens with one attached hydrogen (secondary N) is 1. The van der Waals surface area contributed by atoms with E-state index in [0.717, 1.165) is 4.57 Å². The van der Waals surface area contributed by atoms with Crippen LogP contribution in [0.2, 0.25) is 0 Å². The summed E-state index contributed by atoms with van der Waals surface area (Å²) in [4.78, 5) is 27.3. The molecule has 2 aromatic heterocycles. The van der Waals surface area contributed by atoms with E-state index in [-0.39, 0.29) is 47.1 Å². The molecule has 16 heteroatoms. The lowest BCUT2D eigenvalue weighted by atomic mass is 9.97. The molecule has 2 aliphatic heterocycles. The van der Waals surface area contributed by atoms with Gasteiger partial charge in [-0.25, -0.2) is 31.0 Å². The van der Waals surface area contributed by atoms with E-state index in [1.165, 1.54) is 23.7 Å². The molecule has 3 aromatic rings. The molecule has 0 unspecified atom stereocenters. The number of alkyl halides is 3. The Morgan fingerprint density at radius 3 is 2.50 bits per heavy atom. The molecule has 2 aliphatic rings. The number of benzene rings is 1. The molecule has 1 fully saturated rings. The van der Waals surface area contributed by atoms with Crippen LogP contribution in [0.3, 0.4) is 0 Å². The van der Waals surface area contributed by atoms with Crippen molar-refractivity contribution in [3.05, 3.63) is 39.3 Å². The highest BCUT2D eigenvalue weighted by Gasteiger charge is 2.43. The van der Waals surface area contributed by atoms with Crippen LogP contribution in [-0.4, -0.2) is 77.1 Å². The smallest absolute Gasteiger partial charge is 0.335 e. The van der Waals surface area contributed by atoms with E-state index in [9.17, 15) is 31.2 Å². The van der Waals surface area contributed by atoms with E-state index in [1.54, 1.807) is 24.8 Å². The number of fused-ring (bicyclic) bond motifs is 1. The molecule has 4 heterocycles. The zero-order chi connectivity index (χ0) is 29.0. The van der Waals surface area contributed by atoms with Gasteiger partial charge in [-0.05, 0) is 24.1 Å². The maximum atomic E-state index is 13.8. The minimum absolute atomic E-state index is 0.0233. The fourth-order valence-corrected chi connectivity index (χ4v) is 6.90. The first-order valence-electron chi connectivity index (χ1n) is 12.4. The summed E-state index contributed by atoms with van der Waals surface area (Å²) in [6.07, 6.45) is -0.731. The van der Waals surface area contributed by atoms with E-state index in [4.69, 9.17) is 4.74 Å². The van der Waals surface area contributed by atoms with Crippen molar-refractivity contribution in [3.8, 4) is 5.13 Å². The highest BCUT2D eigenvalue weighted by Crippen LogP contribution is 2.34. The van der Waals surface area contributed by atoms with Gasteiger partial charge in [0.1, 0.15) is 12.2 Å². The van der Waals surface area contributed by atoms with E-state index in [1.807, 2.05) is 0 Å². The second kappa shape index (κ2) is 10.4. The average molecular weight is 601 g/mol. The number of carbonyl (C=O) groups excluding carboxylic acids is 1. The van der Waals surface area contributed by atoms with Gasteiger partial charge in [0.2, 0.25) is 21.1 Å². The predicted molar refractivity (Wildman–Crippen MR) is 141 cm³/mol. The lowest BCUT2D eigenvalue weighted by molar-refractivity contribution is -0.134. The number of imidazole rings is 1. The van der Waals surface area contributed by atoms with Crippen LogP contribution in [0.5, 0.6) is 0 Å². The summed E-state index contributed by atoms with van der Waals surface area (Å²) in [5.74, 6) is -0.218. The summed E-state index contributed by atoms with van der Waals surface area (Å²) in [7, 11) is -2.85. The maximum absolute atomic E-state index is 13.8. The second-order valence-electron chi connectivity index (χ2n) is 10.2. The third kappa shape index (κ3) is 4.86. The first-order chi connectivity index (χ1) is 18.9. The number of sulfonamides is 1. The van der Waals surface area contributed by atoms with Gasteiger partial charge in [-0.15, -0.1) is 10.2 Å². The molecule has 1 N–H and O–H groups in total. The minimum Gasteiger partial charge on any atom is -0.377 e. The van der Waals surface area contributed by atoms with Gasteiger partial charge >= 0.3 is 5.69 Å². The Morgan fingerprint density at radius 1 is 1.25 bits per heavy atom. The Labute approximate surface area is 231 Å². The van der Waals surface area contributed by atoms with Crippen molar-refractivity contribution in [2.75, 3.05) is 33.0 Å². The average Bonchev–Trinajstić information content (AvgIpc) is 3.48.